The lowest BCUT2D eigenvalue weighted by molar-refractivity contribution is -0.187. The molecule has 2 aliphatic heterocycles. The van der Waals surface area contributed by atoms with E-state index in [-0.39, 0.29) is 5.60 Å². The molecule has 0 aromatic heterocycles. The minimum atomic E-state index is -3.52. The van der Waals surface area contributed by atoms with Crippen LogP contribution in [0.15, 0.2) is 0 Å². The van der Waals surface area contributed by atoms with Crippen LogP contribution in [0.3, 0.4) is 0 Å². The van der Waals surface area contributed by atoms with Gasteiger partial charge in [0, 0.05) is 6.42 Å². The van der Waals surface area contributed by atoms with Crippen molar-refractivity contribution in [3.63, 3.8) is 0 Å². The lowest BCUT2D eigenvalue weighted by Gasteiger charge is -2.41. The van der Waals surface area contributed by atoms with Crippen molar-refractivity contribution in [2.45, 2.75) is 56.5 Å². The van der Waals surface area contributed by atoms with E-state index in [9.17, 15) is 13.5 Å². The summed E-state index contributed by atoms with van der Waals surface area (Å²) in [5.74, 6) is 0. The van der Waals surface area contributed by atoms with Gasteiger partial charge in [-0.25, -0.2) is 0 Å². The third-order valence-electron chi connectivity index (χ3n) is 3.62. The molecule has 4 atom stereocenters. The first-order chi connectivity index (χ1) is 7.15. The summed E-state index contributed by atoms with van der Waals surface area (Å²) in [6, 6.07) is 0. The molecule has 0 amide bonds. The van der Waals surface area contributed by atoms with Crippen molar-refractivity contribution in [1.82, 2.24) is 0 Å². The molecule has 2 bridgehead atoms. The molecule has 2 fully saturated rings. The lowest BCUT2D eigenvalue weighted by atomic mass is 9.91. The molecule has 0 spiro atoms. The number of aliphatic hydroxyl groups is 1. The third kappa shape index (κ3) is 1.99. The Balaban J connectivity index is 2.24. The van der Waals surface area contributed by atoms with Crippen LogP contribution in [0.25, 0.3) is 0 Å². The van der Waals surface area contributed by atoms with E-state index in [1.807, 2.05) is 6.92 Å². The van der Waals surface area contributed by atoms with Crippen molar-refractivity contribution >= 4 is 10.1 Å². The Morgan fingerprint density at radius 3 is 2.62 bits per heavy atom. The lowest BCUT2D eigenvalue weighted by Crippen LogP contribution is -2.52. The summed E-state index contributed by atoms with van der Waals surface area (Å²) >= 11 is 0. The Bertz CT molecular complexity index is 392. The summed E-state index contributed by atoms with van der Waals surface area (Å²) in [6.07, 6.45) is 1.59. The van der Waals surface area contributed by atoms with Crippen LogP contribution in [0.1, 0.15) is 33.1 Å². The summed E-state index contributed by atoms with van der Waals surface area (Å²) in [7, 11) is -3.52. The molecule has 94 valence electrons. The fraction of sp³-hybridized carbons (Fsp3) is 1.00. The minimum Gasteiger partial charge on any atom is -0.390 e. The highest BCUT2D eigenvalue weighted by molar-refractivity contribution is 7.86. The zero-order valence-electron chi connectivity index (χ0n) is 9.76. The average Bonchev–Trinajstić information content (AvgIpc) is 2.26. The number of aliphatic hydroxyl groups excluding tert-OH is 1. The Hall–Kier alpha value is -0.170. The molecule has 0 aromatic rings. The Morgan fingerprint density at radius 2 is 2.06 bits per heavy atom. The van der Waals surface area contributed by atoms with Crippen molar-refractivity contribution in [2.75, 3.05) is 6.26 Å². The van der Waals surface area contributed by atoms with Crippen molar-refractivity contribution in [1.29, 1.82) is 0 Å². The van der Waals surface area contributed by atoms with Crippen LogP contribution in [0.4, 0.5) is 0 Å². The molecule has 0 radical (unpaired) electrons. The van der Waals surface area contributed by atoms with Crippen molar-refractivity contribution in [3.05, 3.63) is 0 Å². The van der Waals surface area contributed by atoms with E-state index in [0.29, 0.717) is 19.3 Å². The standard InChI is InChI=1S/C10H18O5S/c1-9-5-4-8(14-16(3,12)13)10(2,15-9)7(11)6-9/h7-8,11H,4-6H2,1-3H3/t7-,8-,9+,10+/m0/s1. The summed E-state index contributed by atoms with van der Waals surface area (Å²) in [6.45, 7) is 3.66. The van der Waals surface area contributed by atoms with Crippen LogP contribution in [-0.2, 0) is 19.0 Å². The van der Waals surface area contributed by atoms with Gasteiger partial charge in [0.2, 0.25) is 0 Å². The maximum atomic E-state index is 11.1. The topological polar surface area (TPSA) is 72.8 Å². The van der Waals surface area contributed by atoms with Crippen LogP contribution in [0.2, 0.25) is 0 Å². The maximum Gasteiger partial charge on any atom is 0.264 e. The Labute approximate surface area is 95.9 Å². The molecule has 1 N–H and O–H groups in total. The van der Waals surface area contributed by atoms with Crippen molar-refractivity contribution in [3.8, 4) is 0 Å². The van der Waals surface area contributed by atoms with Crippen molar-refractivity contribution < 1.29 is 22.4 Å². The summed E-state index contributed by atoms with van der Waals surface area (Å²) in [5.41, 5.74) is -1.25. The molecule has 16 heavy (non-hydrogen) atoms. The summed E-state index contributed by atoms with van der Waals surface area (Å²) in [4.78, 5) is 0. The summed E-state index contributed by atoms with van der Waals surface area (Å²) in [5, 5.41) is 9.99. The van der Waals surface area contributed by atoms with Gasteiger partial charge in [-0.3, -0.25) is 4.18 Å². The molecule has 5 nitrogen and oxygen atoms in total. The molecular formula is C10H18O5S. The number of hydrogen-bond donors (Lipinski definition) is 1. The number of rotatable bonds is 2. The predicted octanol–water partition coefficient (Wildman–Crippen LogP) is 0.424. The van der Waals surface area contributed by atoms with Gasteiger partial charge in [-0.05, 0) is 26.7 Å². The summed E-state index contributed by atoms with van der Waals surface area (Å²) < 4.78 is 33.1. The smallest absolute Gasteiger partial charge is 0.264 e. The normalized spacial score (nSPS) is 48.2. The predicted molar refractivity (Wildman–Crippen MR) is 57.5 cm³/mol. The van der Waals surface area contributed by atoms with E-state index in [0.717, 1.165) is 6.26 Å². The molecule has 6 heteroatoms. The quantitative estimate of drug-likeness (QED) is 0.719. The SMILES string of the molecule is C[C@]12CC[C@H](OS(C)(=O)=O)[C@](C)(O1)[C@@H](O)C2. The van der Waals surface area contributed by atoms with Crippen LogP contribution in [0.5, 0.6) is 0 Å². The second-order valence-electron chi connectivity index (χ2n) is 5.28. The van der Waals surface area contributed by atoms with Gasteiger partial charge in [0.05, 0.1) is 18.0 Å². The fourth-order valence-electron chi connectivity index (χ4n) is 2.76. The average molecular weight is 250 g/mol. The van der Waals surface area contributed by atoms with E-state index in [1.54, 1.807) is 6.92 Å². The molecule has 0 aromatic carbocycles. The second-order valence-corrected chi connectivity index (χ2v) is 6.88. The highest BCUT2D eigenvalue weighted by Gasteiger charge is 2.59. The molecule has 2 rings (SSSR count). The van der Waals surface area contributed by atoms with Gasteiger partial charge in [0.15, 0.2) is 0 Å². The van der Waals surface area contributed by atoms with Gasteiger partial charge in [0.1, 0.15) is 11.7 Å². The van der Waals surface area contributed by atoms with Gasteiger partial charge in [-0.2, -0.15) is 8.42 Å². The van der Waals surface area contributed by atoms with E-state index in [4.69, 9.17) is 8.92 Å². The third-order valence-corrected chi connectivity index (χ3v) is 4.20. The Morgan fingerprint density at radius 1 is 1.44 bits per heavy atom. The molecule has 0 aliphatic carbocycles. The van der Waals surface area contributed by atoms with E-state index < -0.39 is 27.9 Å². The number of hydrogen-bond acceptors (Lipinski definition) is 5. The molecule has 0 saturated carbocycles. The first-order valence-electron chi connectivity index (χ1n) is 5.41. The van der Waals surface area contributed by atoms with E-state index in [1.165, 1.54) is 0 Å². The first-order valence-corrected chi connectivity index (χ1v) is 7.23. The monoisotopic (exact) mass is 250 g/mol. The largest absolute Gasteiger partial charge is 0.390 e. The van der Waals surface area contributed by atoms with Gasteiger partial charge < -0.3 is 9.84 Å². The van der Waals surface area contributed by atoms with Crippen LogP contribution < -0.4 is 0 Å². The Kier molecular flexibility index (Phi) is 2.62. The zero-order chi connectivity index (χ0) is 12.2. The van der Waals surface area contributed by atoms with Gasteiger partial charge >= 0.3 is 0 Å². The highest BCUT2D eigenvalue weighted by atomic mass is 32.2. The van der Waals surface area contributed by atoms with E-state index >= 15 is 0 Å². The number of fused-ring (bicyclic) bond motifs is 2. The molecule has 0 unspecified atom stereocenters. The first kappa shape index (κ1) is 12.3. The van der Waals surface area contributed by atoms with Crippen LogP contribution >= 0.6 is 0 Å². The van der Waals surface area contributed by atoms with Gasteiger partial charge in [-0.15, -0.1) is 0 Å². The van der Waals surface area contributed by atoms with Crippen molar-refractivity contribution in [2.24, 2.45) is 0 Å². The number of ether oxygens (including phenoxy) is 1. The minimum absolute atomic E-state index is 0.342. The molecular weight excluding hydrogens is 232 g/mol. The maximum absolute atomic E-state index is 11.1. The van der Waals surface area contributed by atoms with Crippen LogP contribution in [-0.4, -0.2) is 43.2 Å². The molecule has 2 saturated heterocycles. The molecule has 2 heterocycles. The zero-order valence-corrected chi connectivity index (χ0v) is 10.6. The molecule has 2 aliphatic rings. The van der Waals surface area contributed by atoms with Crippen LogP contribution in [0, 0.1) is 0 Å². The fourth-order valence-corrected chi connectivity index (χ4v) is 3.47. The second kappa shape index (κ2) is 3.41. The van der Waals surface area contributed by atoms with E-state index in [2.05, 4.69) is 0 Å². The van der Waals surface area contributed by atoms with Gasteiger partial charge in [0.25, 0.3) is 10.1 Å². The van der Waals surface area contributed by atoms with Gasteiger partial charge in [-0.1, -0.05) is 0 Å². The highest BCUT2D eigenvalue weighted by Crippen LogP contribution is 2.49.